The average molecular weight is 444 g/mol. The zero-order valence-electron chi connectivity index (χ0n) is 18.2. The van der Waals surface area contributed by atoms with Crippen LogP contribution in [0.15, 0.2) is 72.4 Å². The minimum absolute atomic E-state index is 0.203. The molecule has 0 saturated carbocycles. The van der Waals surface area contributed by atoms with Crippen LogP contribution in [-0.4, -0.2) is 21.0 Å². The fraction of sp³-hybridized carbons (Fsp3) is 0.192. The molecule has 162 valence electrons. The molecule has 2 heterocycles. The number of amides is 1. The topological polar surface area (TPSA) is 75.1 Å². The van der Waals surface area contributed by atoms with Crippen molar-refractivity contribution in [2.24, 2.45) is 0 Å². The van der Waals surface area contributed by atoms with Gasteiger partial charge in [0.25, 0.3) is 5.91 Å². The summed E-state index contributed by atoms with van der Waals surface area (Å²) in [5.41, 5.74) is 5.99. The SMILES string of the molecule is Cc1ccc(-c2cc(C(=O)NC(C)c3ccc(C)nc3)cc(C(O)c3nccs3)c2)cc1. The van der Waals surface area contributed by atoms with Gasteiger partial charge in [0.1, 0.15) is 11.1 Å². The molecule has 4 aromatic rings. The minimum atomic E-state index is -0.898. The number of thiazole rings is 1. The molecule has 0 bridgehead atoms. The highest BCUT2D eigenvalue weighted by atomic mass is 32.1. The fourth-order valence-electron chi connectivity index (χ4n) is 3.46. The molecule has 0 spiro atoms. The Labute approximate surface area is 191 Å². The molecule has 0 radical (unpaired) electrons. The van der Waals surface area contributed by atoms with Gasteiger partial charge in [0, 0.05) is 29.0 Å². The van der Waals surface area contributed by atoms with Gasteiger partial charge in [0.2, 0.25) is 0 Å². The number of benzene rings is 2. The van der Waals surface area contributed by atoms with Gasteiger partial charge in [-0.3, -0.25) is 9.78 Å². The lowest BCUT2D eigenvalue weighted by Gasteiger charge is -2.17. The number of carbonyl (C=O) groups is 1. The number of hydrogen-bond acceptors (Lipinski definition) is 5. The highest BCUT2D eigenvalue weighted by molar-refractivity contribution is 7.09. The first-order valence-electron chi connectivity index (χ1n) is 10.4. The normalized spacial score (nSPS) is 12.9. The summed E-state index contributed by atoms with van der Waals surface area (Å²) in [6.45, 7) is 5.89. The first-order chi connectivity index (χ1) is 15.4. The van der Waals surface area contributed by atoms with Crippen LogP contribution in [0.4, 0.5) is 0 Å². The van der Waals surface area contributed by atoms with E-state index in [2.05, 4.69) is 15.3 Å². The van der Waals surface area contributed by atoms with E-state index in [9.17, 15) is 9.90 Å². The van der Waals surface area contributed by atoms with Gasteiger partial charge in [-0.2, -0.15) is 0 Å². The molecule has 1 amide bonds. The van der Waals surface area contributed by atoms with Gasteiger partial charge in [0.15, 0.2) is 0 Å². The van der Waals surface area contributed by atoms with Crippen molar-refractivity contribution in [3.8, 4) is 11.1 Å². The molecule has 4 rings (SSSR count). The van der Waals surface area contributed by atoms with Crippen molar-refractivity contribution in [3.05, 3.63) is 105 Å². The van der Waals surface area contributed by atoms with Crippen LogP contribution in [0.3, 0.4) is 0 Å². The molecule has 6 heteroatoms. The number of carbonyl (C=O) groups excluding carboxylic acids is 1. The van der Waals surface area contributed by atoms with Crippen LogP contribution in [0.5, 0.6) is 0 Å². The second kappa shape index (κ2) is 9.42. The van der Waals surface area contributed by atoms with Gasteiger partial charge >= 0.3 is 0 Å². The fourth-order valence-corrected chi connectivity index (χ4v) is 4.11. The number of aliphatic hydroxyl groups excluding tert-OH is 1. The molecule has 2 aromatic heterocycles. The van der Waals surface area contributed by atoms with Crippen LogP contribution in [0, 0.1) is 13.8 Å². The maximum atomic E-state index is 13.2. The van der Waals surface area contributed by atoms with Gasteiger partial charge in [0.05, 0.1) is 6.04 Å². The first kappa shape index (κ1) is 21.9. The lowest BCUT2D eigenvalue weighted by atomic mass is 9.96. The van der Waals surface area contributed by atoms with Crippen LogP contribution < -0.4 is 5.32 Å². The Hall–Kier alpha value is -3.35. The summed E-state index contributed by atoms with van der Waals surface area (Å²) in [6.07, 6.45) is 2.55. The summed E-state index contributed by atoms with van der Waals surface area (Å²) in [5.74, 6) is -0.209. The summed E-state index contributed by atoms with van der Waals surface area (Å²) >= 11 is 1.38. The van der Waals surface area contributed by atoms with E-state index in [4.69, 9.17) is 0 Å². The minimum Gasteiger partial charge on any atom is -0.381 e. The lowest BCUT2D eigenvalue weighted by molar-refractivity contribution is 0.0939. The summed E-state index contributed by atoms with van der Waals surface area (Å²) in [4.78, 5) is 21.7. The number of aliphatic hydroxyl groups is 1. The molecule has 2 N–H and O–H groups in total. The van der Waals surface area contributed by atoms with E-state index in [1.54, 1.807) is 18.5 Å². The Morgan fingerprint density at radius 1 is 0.969 bits per heavy atom. The van der Waals surface area contributed by atoms with Crippen molar-refractivity contribution in [3.63, 3.8) is 0 Å². The zero-order chi connectivity index (χ0) is 22.7. The van der Waals surface area contributed by atoms with Gasteiger partial charge < -0.3 is 10.4 Å². The summed E-state index contributed by atoms with van der Waals surface area (Å²) in [5, 5.41) is 16.4. The van der Waals surface area contributed by atoms with Crippen LogP contribution in [0.2, 0.25) is 0 Å². The Kier molecular flexibility index (Phi) is 6.44. The molecule has 0 aliphatic carbocycles. The molecule has 2 unspecified atom stereocenters. The second-order valence-corrected chi connectivity index (χ2v) is 8.84. The zero-order valence-corrected chi connectivity index (χ0v) is 19.1. The van der Waals surface area contributed by atoms with E-state index in [0.717, 1.165) is 27.9 Å². The monoisotopic (exact) mass is 443 g/mol. The summed E-state index contributed by atoms with van der Waals surface area (Å²) in [6, 6.07) is 17.3. The maximum absolute atomic E-state index is 13.2. The van der Waals surface area contributed by atoms with E-state index in [1.165, 1.54) is 11.3 Å². The van der Waals surface area contributed by atoms with E-state index in [-0.39, 0.29) is 11.9 Å². The number of nitrogens with one attached hydrogen (secondary N) is 1. The van der Waals surface area contributed by atoms with E-state index in [0.29, 0.717) is 16.1 Å². The van der Waals surface area contributed by atoms with Crippen LogP contribution >= 0.6 is 11.3 Å². The Balaban J connectivity index is 1.68. The molecular weight excluding hydrogens is 418 g/mol. The van der Waals surface area contributed by atoms with Crippen molar-refractivity contribution in [2.75, 3.05) is 0 Å². The van der Waals surface area contributed by atoms with E-state index in [1.807, 2.05) is 74.7 Å². The van der Waals surface area contributed by atoms with Gasteiger partial charge in [-0.1, -0.05) is 35.9 Å². The predicted octanol–water partition coefficient (Wildman–Crippen LogP) is 5.39. The number of nitrogens with zero attached hydrogens (tertiary/aromatic N) is 2. The van der Waals surface area contributed by atoms with Gasteiger partial charge in [-0.05, 0) is 67.3 Å². The Morgan fingerprint density at radius 3 is 2.41 bits per heavy atom. The molecule has 0 aliphatic rings. The van der Waals surface area contributed by atoms with Gasteiger partial charge in [-0.15, -0.1) is 11.3 Å². The molecule has 0 aliphatic heterocycles. The van der Waals surface area contributed by atoms with E-state index >= 15 is 0 Å². The quantitative estimate of drug-likeness (QED) is 0.419. The van der Waals surface area contributed by atoms with Crippen molar-refractivity contribution < 1.29 is 9.90 Å². The lowest BCUT2D eigenvalue weighted by Crippen LogP contribution is -2.27. The van der Waals surface area contributed by atoms with Crippen molar-refractivity contribution in [1.82, 2.24) is 15.3 Å². The summed E-state index contributed by atoms with van der Waals surface area (Å²) in [7, 11) is 0. The Bertz CT molecular complexity index is 1200. The molecule has 0 fully saturated rings. The largest absolute Gasteiger partial charge is 0.381 e. The molecule has 0 saturated heterocycles. The molecule has 2 aromatic carbocycles. The predicted molar refractivity (Wildman–Crippen MR) is 128 cm³/mol. The standard InChI is InChI=1S/C26H25N3O2S/c1-16-4-7-19(8-5-16)21-12-22(24(30)26-27-10-11-32-26)14-23(13-21)25(31)29-18(3)20-9-6-17(2)28-15-20/h4-15,18,24,30H,1-3H3,(H,29,31). The second-order valence-electron chi connectivity index (χ2n) is 7.91. The van der Waals surface area contributed by atoms with E-state index < -0.39 is 6.10 Å². The maximum Gasteiger partial charge on any atom is 0.251 e. The Morgan fingerprint density at radius 2 is 1.75 bits per heavy atom. The number of aryl methyl sites for hydroxylation is 2. The molecule has 2 atom stereocenters. The number of aromatic nitrogens is 2. The van der Waals surface area contributed by atoms with Crippen LogP contribution in [0.25, 0.3) is 11.1 Å². The third-order valence-electron chi connectivity index (χ3n) is 5.39. The highest BCUT2D eigenvalue weighted by Gasteiger charge is 2.19. The third-order valence-corrected chi connectivity index (χ3v) is 6.21. The number of rotatable bonds is 6. The third kappa shape index (κ3) is 4.93. The van der Waals surface area contributed by atoms with Gasteiger partial charge in [-0.25, -0.2) is 4.98 Å². The summed E-state index contributed by atoms with van der Waals surface area (Å²) < 4.78 is 0. The molecule has 32 heavy (non-hydrogen) atoms. The first-order valence-corrected chi connectivity index (χ1v) is 11.3. The number of hydrogen-bond donors (Lipinski definition) is 2. The molecular formula is C26H25N3O2S. The number of pyridine rings is 1. The highest BCUT2D eigenvalue weighted by Crippen LogP contribution is 2.30. The molecule has 5 nitrogen and oxygen atoms in total. The van der Waals surface area contributed by atoms with Crippen LogP contribution in [-0.2, 0) is 0 Å². The van der Waals surface area contributed by atoms with Crippen molar-refractivity contribution in [2.45, 2.75) is 32.9 Å². The smallest absolute Gasteiger partial charge is 0.251 e. The average Bonchev–Trinajstić information content (AvgIpc) is 3.34. The van der Waals surface area contributed by atoms with Crippen molar-refractivity contribution >= 4 is 17.2 Å². The van der Waals surface area contributed by atoms with Crippen molar-refractivity contribution in [1.29, 1.82) is 0 Å². The van der Waals surface area contributed by atoms with Crippen LogP contribution in [0.1, 0.15) is 56.8 Å².